The fourth-order valence-corrected chi connectivity index (χ4v) is 1.46. The number of aliphatic hydroxyl groups is 1. The van der Waals surface area contributed by atoms with Gasteiger partial charge in [-0.25, -0.2) is 0 Å². The summed E-state index contributed by atoms with van der Waals surface area (Å²) in [6.45, 7) is 5.18. The van der Waals surface area contributed by atoms with E-state index in [1.54, 1.807) is 0 Å². The van der Waals surface area contributed by atoms with Gasteiger partial charge in [0.2, 0.25) is 0 Å². The molecule has 0 aromatic rings. The number of hydrogen-bond acceptors (Lipinski definition) is 1. The van der Waals surface area contributed by atoms with Crippen LogP contribution in [0.5, 0.6) is 0 Å². The molecule has 0 saturated heterocycles. The Kier molecular flexibility index (Phi) is 2.29. The molecule has 0 amide bonds. The van der Waals surface area contributed by atoms with Crippen molar-refractivity contribution in [3.05, 3.63) is 12.7 Å². The van der Waals surface area contributed by atoms with Crippen molar-refractivity contribution in [2.75, 3.05) is 0 Å². The van der Waals surface area contributed by atoms with Gasteiger partial charge in [-0.3, -0.25) is 0 Å². The highest BCUT2D eigenvalue weighted by molar-refractivity contribution is 4.84. The van der Waals surface area contributed by atoms with Crippen LogP contribution >= 0.6 is 0 Å². The first-order chi connectivity index (χ1) is 4.34. The van der Waals surface area contributed by atoms with Gasteiger partial charge in [0.25, 0.3) is 0 Å². The Hall–Kier alpha value is -0.300. The zero-order chi connectivity index (χ0) is 6.69. The highest BCUT2D eigenvalue weighted by Gasteiger charge is 2.20. The van der Waals surface area contributed by atoms with E-state index < -0.39 is 0 Å². The predicted octanol–water partition coefficient (Wildman–Crippen LogP) is 1.53. The van der Waals surface area contributed by atoms with E-state index >= 15 is 0 Å². The second-order valence-electron chi connectivity index (χ2n) is 2.73. The van der Waals surface area contributed by atoms with Gasteiger partial charge in [0, 0.05) is 0 Å². The molecule has 0 heterocycles. The first kappa shape index (κ1) is 6.81. The Morgan fingerprint density at radius 3 is 2.44 bits per heavy atom. The van der Waals surface area contributed by atoms with Crippen molar-refractivity contribution in [1.29, 1.82) is 0 Å². The van der Waals surface area contributed by atoms with Crippen molar-refractivity contribution in [1.82, 2.24) is 0 Å². The second kappa shape index (κ2) is 3.02. The molecule has 0 spiro atoms. The average Bonchev–Trinajstić information content (AvgIpc) is 2.37. The first-order valence-corrected chi connectivity index (χ1v) is 3.57. The van der Waals surface area contributed by atoms with Crippen LogP contribution in [-0.4, -0.2) is 11.2 Å². The highest BCUT2D eigenvalue weighted by Crippen LogP contribution is 2.27. The fourth-order valence-electron chi connectivity index (χ4n) is 1.46. The van der Waals surface area contributed by atoms with E-state index in [0.717, 1.165) is 12.8 Å². The lowest BCUT2D eigenvalue weighted by atomic mass is 10.0. The maximum absolute atomic E-state index is 9.18. The molecule has 9 heavy (non-hydrogen) atoms. The number of rotatable bonds is 2. The van der Waals surface area contributed by atoms with Crippen LogP contribution in [0.1, 0.15) is 25.7 Å². The molecule has 1 saturated carbocycles. The zero-order valence-corrected chi connectivity index (χ0v) is 5.59. The normalized spacial score (nSPS) is 24.1. The summed E-state index contributed by atoms with van der Waals surface area (Å²) in [7, 11) is 0. The van der Waals surface area contributed by atoms with E-state index in [1.165, 1.54) is 18.9 Å². The molecule has 1 rings (SSSR count). The summed E-state index contributed by atoms with van der Waals surface area (Å²) in [6, 6.07) is 0. The summed E-state index contributed by atoms with van der Waals surface area (Å²) in [5.74, 6) is 0.454. The van der Waals surface area contributed by atoms with E-state index in [9.17, 15) is 5.11 Å². The van der Waals surface area contributed by atoms with E-state index in [-0.39, 0.29) is 6.10 Å². The minimum Gasteiger partial charge on any atom is -0.389 e. The van der Waals surface area contributed by atoms with Crippen molar-refractivity contribution in [3.8, 4) is 0 Å². The lowest BCUT2D eigenvalue weighted by molar-refractivity contribution is 0.156. The summed E-state index contributed by atoms with van der Waals surface area (Å²) < 4.78 is 0. The lowest BCUT2D eigenvalue weighted by Crippen LogP contribution is -2.13. The van der Waals surface area contributed by atoms with Crippen LogP contribution in [0.15, 0.2) is 6.08 Å². The van der Waals surface area contributed by atoms with Gasteiger partial charge in [0.1, 0.15) is 0 Å². The van der Waals surface area contributed by atoms with Gasteiger partial charge in [-0.15, -0.1) is 0 Å². The third-order valence-corrected chi connectivity index (χ3v) is 2.08. The van der Waals surface area contributed by atoms with Crippen molar-refractivity contribution < 1.29 is 5.11 Å². The minimum absolute atomic E-state index is 0.354. The smallest absolute Gasteiger partial charge is 0.0752 e. The third kappa shape index (κ3) is 1.55. The fraction of sp³-hybridized carbons (Fsp3) is 0.750. The lowest BCUT2D eigenvalue weighted by Gasteiger charge is -2.11. The van der Waals surface area contributed by atoms with Gasteiger partial charge >= 0.3 is 0 Å². The van der Waals surface area contributed by atoms with Gasteiger partial charge in [-0.05, 0) is 18.8 Å². The molecule has 1 heteroatoms. The quantitative estimate of drug-likeness (QED) is 0.593. The van der Waals surface area contributed by atoms with E-state index in [4.69, 9.17) is 6.58 Å². The molecule has 0 unspecified atom stereocenters. The molecule has 1 nitrogen and oxygen atoms in total. The minimum atomic E-state index is -0.354. The molecule has 0 bridgehead atoms. The number of hydrogen-bond donors (Lipinski definition) is 1. The monoisotopic (exact) mass is 125 g/mol. The van der Waals surface area contributed by atoms with Crippen molar-refractivity contribution in [2.24, 2.45) is 5.92 Å². The van der Waals surface area contributed by atoms with Gasteiger partial charge in [0.15, 0.2) is 0 Å². The van der Waals surface area contributed by atoms with Crippen LogP contribution in [-0.2, 0) is 0 Å². The van der Waals surface area contributed by atoms with Crippen LogP contribution in [0, 0.1) is 12.5 Å². The Balaban J connectivity index is 2.32. The molecule has 1 aliphatic rings. The average molecular weight is 125 g/mol. The van der Waals surface area contributed by atoms with Crippen LogP contribution in [0.2, 0.25) is 0 Å². The Morgan fingerprint density at radius 1 is 1.44 bits per heavy atom. The molecule has 1 fully saturated rings. The van der Waals surface area contributed by atoms with E-state index in [0.29, 0.717) is 5.92 Å². The Morgan fingerprint density at radius 2 is 2.00 bits per heavy atom. The highest BCUT2D eigenvalue weighted by atomic mass is 16.3. The topological polar surface area (TPSA) is 20.2 Å². The summed E-state index contributed by atoms with van der Waals surface area (Å²) >= 11 is 0. The summed E-state index contributed by atoms with van der Waals surface area (Å²) in [5, 5.41) is 9.18. The maximum atomic E-state index is 9.18. The van der Waals surface area contributed by atoms with Gasteiger partial charge in [0.05, 0.1) is 6.10 Å². The standard InChI is InChI=1S/C8H13O/c1-2-8(9)7-5-3-4-6-7/h1-2,7-9H,3-6H2/t8-/m0/s1. The maximum Gasteiger partial charge on any atom is 0.0752 e. The molecular formula is C8H13O. The molecule has 0 aliphatic heterocycles. The van der Waals surface area contributed by atoms with E-state index in [1.807, 2.05) is 0 Å². The van der Waals surface area contributed by atoms with Gasteiger partial charge in [-0.1, -0.05) is 25.5 Å². The van der Waals surface area contributed by atoms with Gasteiger partial charge in [-0.2, -0.15) is 0 Å². The van der Waals surface area contributed by atoms with Crippen LogP contribution < -0.4 is 0 Å². The summed E-state index contributed by atoms with van der Waals surface area (Å²) in [5.41, 5.74) is 0. The molecule has 0 aromatic heterocycles. The molecular weight excluding hydrogens is 112 g/mol. The SMILES string of the molecule is [CH]=C[C@H](O)C1CCCC1. The van der Waals surface area contributed by atoms with Crippen LogP contribution in [0.3, 0.4) is 0 Å². The molecule has 51 valence electrons. The van der Waals surface area contributed by atoms with Crippen molar-refractivity contribution >= 4 is 0 Å². The third-order valence-electron chi connectivity index (χ3n) is 2.08. The van der Waals surface area contributed by atoms with Gasteiger partial charge < -0.3 is 5.11 Å². The van der Waals surface area contributed by atoms with Crippen LogP contribution in [0.4, 0.5) is 0 Å². The van der Waals surface area contributed by atoms with Crippen LogP contribution in [0.25, 0.3) is 0 Å². The summed E-state index contributed by atoms with van der Waals surface area (Å²) in [4.78, 5) is 0. The molecule has 1 aliphatic carbocycles. The second-order valence-corrected chi connectivity index (χ2v) is 2.73. The molecule has 1 N–H and O–H groups in total. The summed E-state index contributed by atoms with van der Waals surface area (Å²) in [6.07, 6.45) is 5.86. The molecule has 0 aromatic carbocycles. The van der Waals surface area contributed by atoms with E-state index in [2.05, 4.69) is 0 Å². The molecule has 1 radical (unpaired) electrons. The number of aliphatic hydroxyl groups excluding tert-OH is 1. The molecule has 1 atom stereocenters. The predicted molar refractivity (Wildman–Crippen MR) is 36.8 cm³/mol. The Labute approximate surface area is 56.4 Å². The van der Waals surface area contributed by atoms with Crippen molar-refractivity contribution in [2.45, 2.75) is 31.8 Å². The first-order valence-electron chi connectivity index (χ1n) is 3.57. The Bertz CT molecular complexity index is 92.7. The zero-order valence-electron chi connectivity index (χ0n) is 5.59. The van der Waals surface area contributed by atoms with Crippen molar-refractivity contribution in [3.63, 3.8) is 0 Å². The largest absolute Gasteiger partial charge is 0.389 e.